The van der Waals surface area contributed by atoms with Crippen LogP contribution in [-0.4, -0.2) is 37.2 Å². The fourth-order valence-corrected chi connectivity index (χ4v) is 4.53. The lowest BCUT2D eigenvalue weighted by atomic mass is 9.98. The molecule has 0 aliphatic carbocycles. The Morgan fingerprint density at radius 2 is 1.83 bits per heavy atom. The Labute approximate surface area is 205 Å². The molecule has 0 bridgehead atoms. The molecule has 180 valence electrons. The van der Waals surface area contributed by atoms with Gasteiger partial charge in [0.15, 0.2) is 0 Å². The first-order valence-electron chi connectivity index (χ1n) is 11.0. The minimum absolute atomic E-state index is 0.247. The Morgan fingerprint density at radius 3 is 2.51 bits per heavy atom. The molecular formula is C26H25N3O5S. The third kappa shape index (κ3) is 5.42. The summed E-state index contributed by atoms with van der Waals surface area (Å²) in [4.78, 5) is 38.0. The van der Waals surface area contributed by atoms with E-state index in [-0.39, 0.29) is 18.5 Å². The fraction of sp³-hybridized carbons (Fsp3) is 0.192. The summed E-state index contributed by atoms with van der Waals surface area (Å²) in [6.07, 6.45) is -0.950. The average molecular weight is 492 g/mol. The van der Waals surface area contributed by atoms with E-state index in [0.717, 1.165) is 16.0 Å². The molecule has 35 heavy (non-hydrogen) atoms. The number of amides is 3. The van der Waals surface area contributed by atoms with Crippen LogP contribution in [0.2, 0.25) is 0 Å². The van der Waals surface area contributed by atoms with Crippen molar-refractivity contribution in [2.75, 3.05) is 25.0 Å². The number of nitrogens with one attached hydrogen (secondary N) is 2. The van der Waals surface area contributed by atoms with Gasteiger partial charge in [-0.2, -0.15) is 0 Å². The number of nitrogens with zero attached hydrogens (tertiary/aromatic N) is 1. The SMILES string of the molecule is CNC(=O)N(CCNC(=O)c1ccc(C(O)c2ccc3c(C)cc(=O)oc3c2)cc1)c1cccs1. The summed E-state index contributed by atoms with van der Waals surface area (Å²) >= 11 is 1.44. The van der Waals surface area contributed by atoms with Crippen LogP contribution >= 0.6 is 11.3 Å². The number of aliphatic hydroxyl groups is 1. The molecule has 3 N–H and O–H groups in total. The lowest BCUT2D eigenvalue weighted by molar-refractivity contribution is 0.0954. The Hall–Kier alpha value is -3.95. The first-order valence-corrected chi connectivity index (χ1v) is 11.9. The van der Waals surface area contributed by atoms with Crippen LogP contribution in [0.25, 0.3) is 11.0 Å². The van der Waals surface area contributed by atoms with Gasteiger partial charge in [-0.1, -0.05) is 24.3 Å². The number of urea groups is 1. The predicted molar refractivity (Wildman–Crippen MR) is 136 cm³/mol. The summed E-state index contributed by atoms with van der Waals surface area (Å²) in [6, 6.07) is 16.8. The van der Waals surface area contributed by atoms with Crippen molar-refractivity contribution >= 4 is 39.2 Å². The summed E-state index contributed by atoms with van der Waals surface area (Å²) in [7, 11) is 1.56. The number of carbonyl (C=O) groups is 2. The van der Waals surface area contributed by atoms with Crippen LogP contribution in [0.3, 0.4) is 0 Å². The zero-order valence-corrected chi connectivity index (χ0v) is 20.1. The molecular weight excluding hydrogens is 466 g/mol. The van der Waals surface area contributed by atoms with Gasteiger partial charge in [-0.25, -0.2) is 9.59 Å². The van der Waals surface area contributed by atoms with Gasteiger partial charge >= 0.3 is 11.7 Å². The molecule has 2 heterocycles. The minimum atomic E-state index is -0.950. The summed E-state index contributed by atoms with van der Waals surface area (Å²) in [6.45, 7) is 2.42. The van der Waals surface area contributed by atoms with Crippen molar-refractivity contribution in [2.24, 2.45) is 0 Å². The molecule has 2 aromatic heterocycles. The largest absolute Gasteiger partial charge is 0.423 e. The zero-order valence-electron chi connectivity index (χ0n) is 19.3. The second-order valence-corrected chi connectivity index (χ2v) is 8.87. The van der Waals surface area contributed by atoms with E-state index in [4.69, 9.17) is 4.42 Å². The van der Waals surface area contributed by atoms with E-state index in [1.54, 1.807) is 48.3 Å². The molecule has 0 spiro atoms. The molecule has 0 aliphatic heterocycles. The lowest BCUT2D eigenvalue weighted by Crippen LogP contribution is -2.42. The number of rotatable bonds is 7. The van der Waals surface area contributed by atoms with Crippen molar-refractivity contribution in [3.05, 3.63) is 98.7 Å². The van der Waals surface area contributed by atoms with E-state index >= 15 is 0 Å². The molecule has 9 heteroatoms. The highest BCUT2D eigenvalue weighted by Gasteiger charge is 2.17. The quantitative estimate of drug-likeness (QED) is 0.340. The standard InChI is InChI=1S/C26H25N3O5S/c1-16-14-23(30)34-21-15-19(9-10-20(16)21)24(31)17-5-7-18(8-6-17)25(32)28-11-12-29(26(33)27-2)22-4-3-13-35-22/h3-10,13-15,24,31H,11-12H2,1-2H3,(H,27,33)(H,28,32). The number of aryl methyl sites for hydroxylation is 1. The van der Waals surface area contributed by atoms with Gasteiger partial charge in [0.1, 0.15) is 11.7 Å². The van der Waals surface area contributed by atoms with Crippen LogP contribution < -0.4 is 21.2 Å². The Kier molecular flexibility index (Phi) is 7.28. The van der Waals surface area contributed by atoms with Gasteiger partial charge in [0.25, 0.3) is 5.91 Å². The van der Waals surface area contributed by atoms with E-state index < -0.39 is 11.7 Å². The highest BCUT2D eigenvalue weighted by atomic mass is 32.1. The molecule has 4 aromatic rings. The number of aliphatic hydroxyl groups excluding tert-OH is 1. The fourth-order valence-electron chi connectivity index (χ4n) is 3.77. The van der Waals surface area contributed by atoms with Crippen molar-refractivity contribution in [1.82, 2.24) is 10.6 Å². The predicted octanol–water partition coefficient (Wildman–Crippen LogP) is 3.82. The van der Waals surface area contributed by atoms with Crippen LogP contribution in [-0.2, 0) is 0 Å². The van der Waals surface area contributed by atoms with E-state index in [9.17, 15) is 19.5 Å². The summed E-state index contributed by atoms with van der Waals surface area (Å²) < 4.78 is 5.27. The zero-order chi connectivity index (χ0) is 24.9. The van der Waals surface area contributed by atoms with Crippen LogP contribution in [0.4, 0.5) is 9.80 Å². The van der Waals surface area contributed by atoms with E-state index in [0.29, 0.717) is 28.8 Å². The second kappa shape index (κ2) is 10.5. The second-order valence-electron chi connectivity index (χ2n) is 7.94. The highest BCUT2D eigenvalue weighted by Crippen LogP contribution is 2.26. The van der Waals surface area contributed by atoms with E-state index in [1.807, 2.05) is 30.5 Å². The smallest absolute Gasteiger partial charge is 0.336 e. The molecule has 4 rings (SSSR count). The van der Waals surface area contributed by atoms with Gasteiger partial charge in [-0.3, -0.25) is 9.69 Å². The first-order chi connectivity index (χ1) is 16.9. The number of fused-ring (bicyclic) bond motifs is 1. The maximum Gasteiger partial charge on any atom is 0.336 e. The van der Waals surface area contributed by atoms with Crippen LogP contribution in [0, 0.1) is 6.92 Å². The van der Waals surface area contributed by atoms with Gasteiger partial charge in [0, 0.05) is 37.2 Å². The lowest BCUT2D eigenvalue weighted by Gasteiger charge is -2.20. The summed E-state index contributed by atoms with van der Waals surface area (Å²) in [5.74, 6) is -0.281. The van der Waals surface area contributed by atoms with Gasteiger partial charge < -0.3 is 20.2 Å². The maximum atomic E-state index is 12.6. The third-order valence-corrected chi connectivity index (χ3v) is 6.52. The molecule has 2 aromatic carbocycles. The number of hydrogen-bond donors (Lipinski definition) is 3. The molecule has 0 saturated heterocycles. The molecule has 1 atom stereocenters. The number of thiophene rings is 1. The van der Waals surface area contributed by atoms with Gasteiger partial charge in [0.2, 0.25) is 0 Å². The van der Waals surface area contributed by atoms with Crippen molar-refractivity contribution in [1.29, 1.82) is 0 Å². The van der Waals surface area contributed by atoms with Crippen molar-refractivity contribution in [3.63, 3.8) is 0 Å². The summed E-state index contributed by atoms with van der Waals surface area (Å²) in [5.41, 5.74) is 2.39. The number of anilines is 1. The van der Waals surface area contributed by atoms with Gasteiger partial charge in [0.05, 0.1) is 5.00 Å². The highest BCUT2D eigenvalue weighted by molar-refractivity contribution is 7.14. The Balaban J connectivity index is 1.41. The summed E-state index contributed by atoms with van der Waals surface area (Å²) in [5, 5.41) is 19.7. The topological polar surface area (TPSA) is 112 Å². The minimum Gasteiger partial charge on any atom is -0.423 e. The Morgan fingerprint density at radius 1 is 1.09 bits per heavy atom. The number of carbonyl (C=O) groups excluding carboxylic acids is 2. The van der Waals surface area contributed by atoms with Crippen molar-refractivity contribution < 1.29 is 19.1 Å². The molecule has 0 fully saturated rings. The van der Waals surface area contributed by atoms with Crippen LogP contribution in [0.5, 0.6) is 0 Å². The molecule has 1 unspecified atom stereocenters. The number of benzene rings is 2. The van der Waals surface area contributed by atoms with E-state index in [1.165, 1.54) is 17.4 Å². The maximum absolute atomic E-state index is 12.6. The van der Waals surface area contributed by atoms with Crippen molar-refractivity contribution in [3.8, 4) is 0 Å². The van der Waals surface area contributed by atoms with Gasteiger partial charge in [-0.05, 0) is 59.3 Å². The molecule has 0 aliphatic rings. The van der Waals surface area contributed by atoms with Gasteiger partial charge in [-0.15, -0.1) is 11.3 Å². The average Bonchev–Trinajstić information content (AvgIpc) is 3.40. The molecule has 0 radical (unpaired) electrons. The molecule has 0 saturated carbocycles. The monoisotopic (exact) mass is 491 g/mol. The van der Waals surface area contributed by atoms with Crippen LogP contribution in [0.15, 0.2) is 75.3 Å². The number of hydrogen-bond acceptors (Lipinski definition) is 6. The third-order valence-electron chi connectivity index (χ3n) is 5.63. The molecule has 8 nitrogen and oxygen atoms in total. The Bertz CT molecular complexity index is 1400. The molecule has 3 amide bonds. The van der Waals surface area contributed by atoms with Crippen molar-refractivity contribution in [2.45, 2.75) is 13.0 Å². The van der Waals surface area contributed by atoms with Crippen LogP contribution in [0.1, 0.15) is 33.2 Å². The van der Waals surface area contributed by atoms with E-state index in [2.05, 4.69) is 10.6 Å². The normalized spacial score (nSPS) is 11.7. The first kappa shape index (κ1) is 24.2.